The minimum absolute atomic E-state index is 0.0665. The quantitative estimate of drug-likeness (QED) is 0.901. The van der Waals surface area contributed by atoms with Gasteiger partial charge in [-0.05, 0) is 25.1 Å². The van der Waals surface area contributed by atoms with Gasteiger partial charge in [-0.15, -0.1) is 0 Å². The van der Waals surface area contributed by atoms with Crippen molar-refractivity contribution in [3.63, 3.8) is 0 Å². The summed E-state index contributed by atoms with van der Waals surface area (Å²) in [5.41, 5.74) is 1.51. The molecule has 3 rings (SSSR count). The van der Waals surface area contributed by atoms with E-state index in [1.165, 1.54) is 0 Å². The highest BCUT2D eigenvalue weighted by molar-refractivity contribution is 5.95. The molecule has 6 nitrogen and oxygen atoms in total. The third-order valence-electron chi connectivity index (χ3n) is 3.71. The van der Waals surface area contributed by atoms with Crippen LogP contribution in [0.4, 0.5) is 11.5 Å². The fraction of sp³-hybridized carbons (Fsp3) is 0.312. The van der Waals surface area contributed by atoms with Crippen LogP contribution in [0.3, 0.4) is 0 Å². The van der Waals surface area contributed by atoms with Crippen LogP contribution in [0.1, 0.15) is 17.3 Å². The van der Waals surface area contributed by atoms with Gasteiger partial charge >= 0.3 is 0 Å². The highest BCUT2D eigenvalue weighted by atomic mass is 16.2. The Morgan fingerprint density at radius 3 is 3.09 bits per heavy atom. The molecule has 6 heteroatoms. The SMILES string of the molecule is CC1CNCCN1C(=O)c1cccc(Nc2cnccn2)c1. The molecular weight excluding hydrogens is 278 g/mol. The van der Waals surface area contributed by atoms with Crippen molar-refractivity contribution in [1.82, 2.24) is 20.2 Å². The molecule has 2 N–H and O–H groups in total. The Balaban J connectivity index is 1.77. The lowest BCUT2D eigenvalue weighted by Crippen LogP contribution is -2.52. The highest BCUT2D eigenvalue weighted by Crippen LogP contribution is 2.17. The van der Waals surface area contributed by atoms with Gasteiger partial charge in [0.25, 0.3) is 5.91 Å². The fourth-order valence-corrected chi connectivity index (χ4v) is 2.55. The van der Waals surface area contributed by atoms with Crippen molar-refractivity contribution in [2.45, 2.75) is 13.0 Å². The van der Waals surface area contributed by atoms with Gasteiger partial charge in [0.2, 0.25) is 0 Å². The number of rotatable bonds is 3. The fourth-order valence-electron chi connectivity index (χ4n) is 2.55. The third kappa shape index (κ3) is 3.23. The molecule has 1 saturated heterocycles. The van der Waals surface area contributed by atoms with Gasteiger partial charge in [-0.3, -0.25) is 9.78 Å². The van der Waals surface area contributed by atoms with Crippen LogP contribution in [0.2, 0.25) is 0 Å². The van der Waals surface area contributed by atoms with Crippen LogP contribution in [0, 0.1) is 0 Å². The van der Waals surface area contributed by atoms with E-state index in [0.29, 0.717) is 11.4 Å². The average molecular weight is 297 g/mol. The first-order chi connectivity index (χ1) is 10.7. The van der Waals surface area contributed by atoms with Gasteiger partial charge in [-0.25, -0.2) is 4.98 Å². The second-order valence-corrected chi connectivity index (χ2v) is 5.35. The van der Waals surface area contributed by atoms with E-state index < -0.39 is 0 Å². The van der Waals surface area contributed by atoms with Crippen LogP contribution >= 0.6 is 0 Å². The predicted molar refractivity (Wildman–Crippen MR) is 85.1 cm³/mol. The zero-order valence-electron chi connectivity index (χ0n) is 12.5. The molecule has 1 unspecified atom stereocenters. The Morgan fingerprint density at radius 2 is 2.32 bits per heavy atom. The Hall–Kier alpha value is -2.47. The van der Waals surface area contributed by atoms with Crippen molar-refractivity contribution in [2.75, 3.05) is 25.0 Å². The van der Waals surface area contributed by atoms with Gasteiger partial charge in [0, 0.05) is 49.3 Å². The van der Waals surface area contributed by atoms with Crippen LogP contribution in [-0.2, 0) is 0 Å². The van der Waals surface area contributed by atoms with E-state index in [4.69, 9.17) is 0 Å². The molecule has 1 fully saturated rings. The number of benzene rings is 1. The molecule has 0 spiro atoms. The summed E-state index contributed by atoms with van der Waals surface area (Å²) in [4.78, 5) is 22.8. The van der Waals surface area contributed by atoms with Gasteiger partial charge in [-0.1, -0.05) is 6.07 Å². The van der Waals surface area contributed by atoms with Crippen LogP contribution in [0.25, 0.3) is 0 Å². The van der Waals surface area contributed by atoms with E-state index in [0.717, 1.165) is 25.3 Å². The molecule has 0 saturated carbocycles. The largest absolute Gasteiger partial charge is 0.339 e. The number of aromatic nitrogens is 2. The number of nitrogens with one attached hydrogen (secondary N) is 2. The number of carbonyl (C=O) groups excluding carboxylic acids is 1. The predicted octanol–water partition coefficient (Wildman–Crippen LogP) is 1.65. The standard InChI is InChI=1S/C16H19N5O/c1-12-10-18-7-8-21(12)16(22)13-3-2-4-14(9-13)20-15-11-17-5-6-19-15/h2-6,9,11-12,18H,7-8,10H2,1H3,(H,19,20). The summed E-state index contributed by atoms with van der Waals surface area (Å²) in [7, 11) is 0. The molecule has 0 aliphatic carbocycles. The lowest BCUT2D eigenvalue weighted by atomic mass is 10.1. The Bertz CT molecular complexity index is 646. The van der Waals surface area contributed by atoms with E-state index in [-0.39, 0.29) is 11.9 Å². The normalized spacial score (nSPS) is 18.0. The maximum atomic E-state index is 12.7. The van der Waals surface area contributed by atoms with E-state index in [2.05, 4.69) is 27.5 Å². The van der Waals surface area contributed by atoms with Crippen LogP contribution in [0.5, 0.6) is 0 Å². The molecule has 0 radical (unpaired) electrons. The third-order valence-corrected chi connectivity index (χ3v) is 3.71. The first kappa shape index (κ1) is 14.5. The molecule has 1 amide bonds. The number of nitrogens with zero attached hydrogens (tertiary/aromatic N) is 3. The summed E-state index contributed by atoms with van der Waals surface area (Å²) in [6.07, 6.45) is 4.89. The molecule has 1 atom stereocenters. The first-order valence-corrected chi connectivity index (χ1v) is 7.39. The molecule has 1 aliphatic rings. The maximum Gasteiger partial charge on any atom is 0.254 e. The summed E-state index contributed by atoms with van der Waals surface area (Å²) in [6.45, 7) is 4.48. The van der Waals surface area contributed by atoms with Crippen molar-refractivity contribution in [2.24, 2.45) is 0 Å². The number of carbonyl (C=O) groups is 1. The van der Waals surface area contributed by atoms with E-state index >= 15 is 0 Å². The van der Waals surface area contributed by atoms with Crippen LogP contribution in [-0.4, -0.2) is 46.5 Å². The maximum absolute atomic E-state index is 12.7. The van der Waals surface area contributed by atoms with E-state index in [9.17, 15) is 4.79 Å². The van der Waals surface area contributed by atoms with Crippen molar-refractivity contribution in [3.05, 3.63) is 48.4 Å². The monoisotopic (exact) mass is 297 g/mol. The van der Waals surface area contributed by atoms with Crippen LogP contribution in [0.15, 0.2) is 42.9 Å². The molecular formula is C16H19N5O. The highest BCUT2D eigenvalue weighted by Gasteiger charge is 2.24. The topological polar surface area (TPSA) is 70.2 Å². The minimum Gasteiger partial charge on any atom is -0.339 e. The smallest absolute Gasteiger partial charge is 0.254 e. The van der Waals surface area contributed by atoms with Crippen LogP contribution < -0.4 is 10.6 Å². The summed E-state index contributed by atoms with van der Waals surface area (Å²) in [5, 5.41) is 6.45. The Kier molecular flexibility index (Phi) is 4.29. The molecule has 2 aromatic rings. The first-order valence-electron chi connectivity index (χ1n) is 7.39. The Labute approximate surface area is 129 Å². The summed E-state index contributed by atoms with van der Waals surface area (Å²) in [6, 6.07) is 7.69. The molecule has 22 heavy (non-hydrogen) atoms. The lowest BCUT2D eigenvalue weighted by Gasteiger charge is -2.34. The lowest BCUT2D eigenvalue weighted by molar-refractivity contribution is 0.0656. The zero-order valence-corrected chi connectivity index (χ0v) is 12.5. The number of hydrogen-bond acceptors (Lipinski definition) is 5. The average Bonchev–Trinajstić information content (AvgIpc) is 2.56. The van der Waals surface area contributed by atoms with Crippen molar-refractivity contribution >= 4 is 17.4 Å². The number of piperazine rings is 1. The minimum atomic E-state index is 0.0665. The van der Waals surface area contributed by atoms with Crippen molar-refractivity contribution < 1.29 is 4.79 Å². The second kappa shape index (κ2) is 6.53. The van der Waals surface area contributed by atoms with Gasteiger partial charge in [0.1, 0.15) is 5.82 Å². The summed E-state index contributed by atoms with van der Waals surface area (Å²) >= 11 is 0. The number of anilines is 2. The summed E-state index contributed by atoms with van der Waals surface area (Å²) < 4.78 is 0. The zero-order chi connectivity index (χ0) is 15.4. The molecule has 1 aliphatic heterocycles. The van der Waals surface area contributed by atoms with E-state index in [1.54, 1.807) is 18.6 Å². The van der Waals surface area contributed by atoms with Gasteiger partial charge in [-0.2, -0.15) is 0 Å². The van der Waals surface area contributed by atoms with Gasteiger partial charge < -0.3 is 15.5 Å². The molecule has 1 aromatic carbocycles. The van der Waals surface area contributed by atoms with Gasteiger partial charge in [0.15, 0.2) is 0 Å². The number of amides is 1. The van der Waals surface area contributed by atoms with Crippen molar-refractivity contribution in [1.29, 1.82) is 0 Å². The summed E-state index contributed by atoms with van der Waals surface area (Å²) in [5.74, 6) is 0.722. The molecule has 114 valence electrons. The molecule has 0 bridgehead atoms. The molecule has 1 aromatic heterocycles. The van der Waals surface area contributed by atoms with Gasteiger partial charge in [0.05, 0.1) is 6.20 Å². The second-order valence-electron chi connectivity index (χ2n) is 5.35. The van der Waals surface area contributed by atoms with E-state index in [1.807, 2.05) is 29.2 Å². The Morgan fingerprint density at radius 1 is 1.41 bits per heavy atom. The number of hydrogen-bond donors (Lipinski definition) is 2. The van der Waals surface area contributed by atoms with Crippen molar-refractivity contribution in [3.8, 4) is 0 Å². The molecule has 2 heterocycles.